The maximum Gasteiger partial charge on any atom is 0.161 e. The summed E-state index contributed by atoms with van der Waals surface area (Å²) >= 11 is 0. The minimum absolute atomic E-state index is 0.727. The molecule has 21 heavy (non-hydrogen) atoms. The first kappa shape index (κ1) is 13.2. The average molecular weight is 276 g/mol. The zero-order valence-corrected chi connectivity index (χ0v) is 12.0. The highest BCUT2D eigenvalue weighted by atomic mass is 15.0. The molecule has 2 aromatic heterocycles. The number of rotatable bonds is 3. The molecule has 0 fully saturated rings. The molecular weight excluding hydrogens is 260 g/mol. The van der Waals surface area contributed by atoms with Crippen LogP contribution in [0.2, 0.25) is 0 Å². The Labute approximate surface area is 123 Å². The van der Waals surface area contributed by atoms with Crippen LogP contribution in [0.15, 0.2) is 54.9 Å². The van der Waals surface area contributed by atoms with Crippen LogP contribution in [0.3, 0.4) is 0 Å². The van der Waals surface area contributed by atoms with Crippen molar-refractivity contribution in [2.45, 2.75) is 13.8 Å². The molecular formula is C17H16N4. The van der Waals surface area contributed by atoms with E-state index in [1.54, 1.807) is 6.20 Å². The van der Waals surface area contributed by atoms with E-state index in [0.717, 1.165) is 34.2 Å². The van der Waals surface area contributed by atoms with Gasteiger partial charge in [-0.3, -0.25) is 4.98 Å². The lowest BCUT2D eigenvalue weighted by molar-refractivity contribution is 1.11. The lowest BCUT2D eigenvalue weighted by atomic mass is 10.2. The first-order chi connectivity index (χ1) is 10.2. The van der Waals surface area contributed by atoms with Gasteiger partial charge in [-0.25, -0.2) is 9.97 Å². The van der Waals surface area contributed by atoms with E-state index in [-0.39, 0.29) is 0 Å². The second-order valence-electron chi connectivity index (χ2n) is 4.90. The Morgan fingerprint density at radius 1 is 0.952 bits per heavy atom. The van der Waals surface area contributed by atoms with Crippen molar-refractivity contribution in [1.82, 2.24) is 15.0 Å². The Morgan fingerprint density at radius 2 is 1.76 bits per heavy atom. The van der Waals surface area contributed by atoms with E-state index in [4.69, 9.17) is 0 Å². The Morgan fingerprint density at radius 3 is 2.52 bits per heavy atom. The molecule has 1 aromatic carbocycles. The number of aromatic nitrogens is 3. The molecule has 0 amide bonds. The number of anilines is 2. The van der Waals surface area contributed by atoms with Gasteiger partial charge in [0.2, 0.25) is 0 Å². The van der Waals surface area contributed by atoms with Gasteiger partial charge in [0, 0.05) is 35.4 Å². The molecule has 0 radical (unpaired) electrons. The largest absolute Gasteiger partial charge is 0.340 e. The molecule has 0 bridgehead atoms. The van der Waals surface area contributed by atoms with E-state index < -0.39 is 0 Å². The molecule has 4 nitrogen and oxygen atoms in total. The minimum Gasteiger partial charge on any atom is -0.340 e. The van der Waals surface area contributed by atoms with Crippen LogP contribution < -0.4 is 5.32 Å². The highest BCUT2D eigenvalue weighted by Gasteiger charge is 2.06. The van der Waals surface area contributed by atoms with E-state index in [1.165, 1.54) is 0 Å². The normalized spacial score (nSPS) is 10.4. The van der Waals surface area contributed by atoms with Crippen molar-refractivity contribution in [3.8, 4) is 11.4 Å². The standard InChI is InChI=1S/C17H16N4/c1-12-11-18-9-8-15(12)20-16-10-13(2)19-17(21-16)14-6-4-3-5-7-14/h3-11H,1-2H3,(H,18,19,20,21). The van der Waals surface area contributed by atoms with Crippen molar-refractivity contribution in [1.29, 1.82) is 0 Å². The summed E-state index contributed by atoms with van der Waals surface area (Å²) in [6, 6.07) is 13.9. The first-order valence-electron chi connectivity index (χ1n) is 6.81. The second kappa shape index (κ2) is 5.71. The molecule has 0 aliphatic heterocycles. The number of benzene rings is 1. The van der Waals surface area contributed by atoms with Gasteiger partial charge < -0.3 is 5.32 Å². The van der Waals surface area contributed by atoms with Gasteiger partial charge >= 0.3 is 0 Å². The number of pyridine rings is 1. The molecule has 0 saturated heterocycles. The Balaban J connectivity index is 1.97. The number of nitrogens with zero attached hydrogens (tertiary/aromatic N) is 3. The maximum atomic E-state index is 4.60. The van der Waals surface area contributed by atoms with E-state index in [9.17, 15) is 0 Å². The van der Waals surface area contributed by atoms with Crippen molar-refractivity contribution in [3.05, 3.63) is 66.1 Å². The third-order valence-corrected chi connectivity index (χ3v) is 3.17. The third kappa shape index (κ3) is 3.05. The van der Waals surface area contributed by atoms with Crippen LogP contribution in [0.4, 0.5) is 11.5 Å². The summed E-state index contributed by atoms with van der Waals surface area (Å²) in [5.41, 5.74) is 4.02. The fraction of sp³-hybridized carbons (Fsp3) is 0.118. The Bertz CT molecular complexity index is 754. The third-order valence-electron chi connectivity index (χ3n) is 3.17. The van der Waals surface area contributed by atoms with Crippen LogP contribution in [0.25, 0.3) is 11.4 Å². The zero-order chi connectivity index (χ0) is 14.7. The van der Waals surface area contributed by atoms with Gasteiger partial charge in [0.25, 0.3) is 0 Å². The minimum atomic E-state index is 0.727. The monoisotopic (exact) mass is 276 g/mol. The smallest absolute Gasteiger partial charge is 0.161 e. The second-order valence-corrected chi connectivity index (χ2v) is 4.90. The molecule has 4 heteroatoms. The van der Waals surface area contributed by atoms with Crippen molar-refractivity contribution < 1.29 is 0 Å². The van der Waals surface area contributed by atoms with Gasteiger partial charge in [-0.1, -0.05) is 30.3 Å². The molecule has 0 aliphatic carbocycles. The van der Waals surface area contributed by atoms with E-state index in [0.29, 0.717) is 0 Å². The van der Waals surface area contributed by atoms with Crippen LogP contribution in [-0.2, 0) is 0 Å². The summed E-state index contributed by atoms with van der Waals surface area (Å²) in [7, 11) is 0. The molecule has 0 aliphatic rings. The van der Waals surface area contributed by atoms with Crippen molar-refractivity contribution in [2.75, 3.05) is 5.32 Å². The Hall–Kier alpha value is -2.75. The molecule has 2 heterocycles. The van der Waals surface area contributed by atoms with Gasteiger partial charge in [0.15, 0.2) is 5.82 Å². The number of nitrogens with one attached hydrogen (secondary N) is 1. The van der Waals surface area contributed by atoms with Crippen LogP contribution >= 0.6 is 0 Å². The summed E-state index contributed by atoms with van der Waals surface area (Å²) < 4.78 is 0. The maximum absolute atomic E-state index is 4.60. The Kier molecular flexibility index (Phi) is 3.60. The van der Waals surface area contributed by atoms with Gasteiger partial charge in [-0.05, 0) is 25.5 Å². The molecule has 0 saturated carbocycles. The van der Waals surface area contributed by atoms with Crippen molar-refractivity contribution in [2.24, 2.45) is 0 Å². The quantitative estimate of drug-likeness (QED) is 0.788. The molecule has 0 unspecified atom stereocenters. The lowest BCUT2D eigenvalue weighted by Crippen LogP contribution is -2.00. The first-order valence-corrected chi connectivity index (χ1v) is 6.81. The number of aryl methyl sites for hydroxylation is 2. The molecule has 3 aromatic rings. The van der Waals surface area contributed by atoms with Crippen LogP contribution in [0.5, 0.6) is 0 Å². The molecule has 104 valence electrons. The predicted molar refractivity (Wildman–Crippen MR) is 84.5 cm³/mol. The lowest BCUT2D eigenvalue weighted by Gasteiger charge is -2.10. The summed E-state index contributed by atoms with van der Waals surface area (Å²) in [5, 5.41) is 3.33. The van der Waals surface area contributed by atoms with Gasteiger partial charge in [-0.2, -0.15) is 0 Å². The van der Waals surface area contributed by atoms with E-state index in [1.807, 2.05) is 62.5 Å². The predicted octanol–water partition coefficient (Wildman–Crippen LogP) is 3.90. The molecule has 0 spiro atoms. The fourth-order valence-corrected chi connectivity index (χ4v) is 2.10. The number of hydrogen-bond donors (Lipinski definition) is 1. The summed E-state index contributed by atoms with van der Waals surface area (Å²) in [6.45, 7) is 3.99. The van der Waals surface area contributed by atoms with Crippen molar-refractivity contribution in [3.63, 3.8) is 0 Å². The zero-order valence-electron chi connectivity index (χ0n) is 12.0. The highest BCUT2D eigenvalue weighted by Crippen LogP contribution is 2.21. The van der Waals surface area contributed by atoms with Crippen molar-refractivity contribution >= 4 is 11.5 Å². The summed E-state index contributed by atoms with van der Waals surface area (Å²) in [4.78, 5) is 13.2. The van der Waals surface area contributed by atoms with Crippen LogP contribution in [0, 0.1) is 13.8 Å². The van der Waals surface area contributed by atoms with E-state index >= 15 is 0 Å². The van der Waals surface area contributed by atoms with Gasteiger partial charge in [-0.15, -0.1) is 0 Å². The van der Waals surface area contributed by atoms with Gasteiger partial charge in [0.05, 0.1) is 0 Å². The molecule has 1 N–H and O–H groups in total. The molecule has 3 rings (SSSR count). The van der Waals surface area contributed by atoms with Crippen LogP contribution in [0.1, 0.15) is 11.3 Å². The molecule has 0 atom stereocenters. The van der Waals surface area contributed by atoms with Gasteiger partial charge in [0.1, 0.15) is 5.82 Å². The summed E-state index contributed by atoms with van der Waals surface area (Å²) in [6.07, 6.45) is 3.59. The highest BCUT2D eigenvalue weighted by molar-refractivity contribution is 5.63. The van der Waals surface area contributed by atoms with E-state index in [2.05, 4.69) is 20.3 Å². The SMILES string of the molecule is Cc1cc(Nc2ccncc2C)nc(-c2ccccc2)n1. The topological polar surface area (TPSA) is 50.7 Å². The number of hydrogen-bond acceptors (Lipinski definition) is 4. The van der Waals surface area contributed by atoms with Crippen LogP contribution in [-0.4, -0.2) is 15.0 Å². The summed E-state index contributed by atoms with van der Waals surface area (Å²) in [5.74, 6) is 1.51. The fourth-order valence-electron chi connectivity index (χ4n) is 2.10. The average Bonchev–Trinajstić information content (AvgIpc) is 2.50.